The van der Waals surface area contributed by atoms with E-state index in [9.17, 15) is 5.11 Å². The van der Waals surface area contributed by atoms with E-state index in [4.69, 9.17) is 4.98 Å². The van der Waals surface area contributed by atoms with Crippen LogP contribution in [0.2, 0.25) is 0 Å². The van der Waals surface area contributed by atoms with Gasteiger partial charge in [0.1, 0.15) is 11.3 Å². The van der Waals surface area contributed by atoms with E-state index in [1.54, 1.807) is 6.07 Å². The second-order valence-corrected chi connectivity index (χ2v) is 8.00. The van der Waals surface area contributed by atoms with Gasteiger partial charge in [-0.1, -0.05) is 103 Å². The molecule has 3 nitrogen and oxygen atoms in total. The third-order valence-electron chi connectivity index (χ3n) is 5.97. The van der Waals surface area contributed by atoms with Gasteiger partial charge in [-0.05, 0) is 35.7 Å². The molecular formula is C29H24N2O. The number of hydrogen-bond acceptors (Lipinski definition) is 2. The van der Waals surface area contributed by atoms with Crippen LogP contribution in [-0.2, 0) is 5.54 Å². The highest BCUT2D eigenvalue weighted by atomic mass is 16.3. The normalized spacial score (nSPS) is 11.4. The van der Waals surface area contributed by atoms with Crippen LogP contribution in [0.25, 0.3) is 11.3 Å². The number of phenols is 1. The predicted molar refractivity (Wildman–Crippen MR) is 129 cm³/mol. The molecule has 0 saturated carbocycles. The Bertz CT molecular complexity index is 1230. The van der Waals surface area contributed by atoms with E-state index in [1.807, 2.05) is 49.8 Å². The molecule has 5 aromatic rings. The van der Waals surface area contributed by atoms with Crippen LogP contribution in [-0.4, -0.2) is 14.7 Å². The summed E-state index contributed by atoms with van der Waals surface area (Å²) in [6.45, 7) is 2.02. The molecule has 1 aromatic heterocycles. The first-order valence-electron chi connectivity index (χ1n) is 10.7. The van der Waals surface area contributed by atoms with Gasteiger partial charge in [0.25, 0.3) is 0 Å². The Morgan fingerprint density at radius 1 is 0.688 bits per heavy atom. The summed E-state index contributed by atoms with van der Waals surface area (Å²) in [5.74, 6) is 0.227. The molecule has 0 aliphatic rings. The van der Waals surface area contributed by atoms with Crippen molar-refractivity contribution < 1.29 is 5.11 Å². The maximum atomic E-state index is 10.5. The molecule has 3 heteroatoms. The SMILES string of the molecule is Cc1ccc(O)c(-c2cn(C(c3ccccc3)(c3ccccc3)c3ccccc3)cn2)c1. The van der Waals surface area contributed by atoms with Crippen LogP contribution in [0.5, 0.6) is 5.75 Å². The lowest BCUT2D eigenvalue weighted by Crippen LogP contribution is -2.36. The van der Waals surface area contributed by atoms with Crippen molar-refractivity contribution in [2.45, 2.75) is 12.5 Å². The van der Waals surface area contributed by atoms with E-state index in [0.717, 1.165) is 33.5 Å². The molecule has 0 unspecified atom stereocenters. The molecule has 32 heavy (non-hydrogen) atoms. The van der Waals surface area contributed by atoms with Crippen molar-refractivity contribution in [2.75, 3.05) is 0 Å². The first-order chi connectivity index (χ1) is 15.7. The number of aryl methyl sites for hydroxylation is 1. The maximum absolute atomic E-state index is 10.5. The van der Waals surface area contributed by atoms with Crippen molar-refractivity contribution in [2.24, 2.45) is 0 Å². The number of hydrogen-bond donors (Lipinski definition) is 1. The number of benzene rings is 4. The number of phenolic OH excluding ortho intramolecular Hbond substituents is 1. The molecule has 0 aliphatic carbocycles. The lowest BCUT2D eigenvalue weighted by atomic mass is 9.77. The van der Waals surface area contributed by atoms with E-state index >= 15 is 0 Å². The third kappa shape index (κ3) is 3.28. The van der Waals surface area contributed by atoms with Gasteiger partial charge in [0, 0.05) is 11.8 Å². The molecule has 5 rings (SSSR count). The van der Waals surface area contributed by atoms with Crippen molar-refractivity contribution in [3.05, 3.63) is 144 Å². The second kappa shape index (κ2) is 8.20. The minimum atomic E-state index is -0.617. The van der Waals surface area contributed by atoms with Crippen LogP contribution >= 0.6 is 0 Å². The van der Waals surface area contributed by atoms with Gasteiger partial charge in [0.05, 0.1) is 12.0 Å². The Kier molecular flexibility index (Phi) is 5.08. The largest absolute Gasteiger partial charge is 0.507 e. The van der Waals surface area contributed by atoms with Crippen molar-refractivity contribution in [1.82, 2.24) is 9.55 Å². The molecule has 156 valence electrons. The van der Waals surface area contributed by atoms with Crippen LogP contribution in [0.3, 0.4) is 0 Å². The summed E-state index contributed by atoms with van der Waals surface area (Å²) in [4.78, 5) is 4.73. The zero-order valence-corrected chi connectivity index (χ0v) is 17.9. The fourth-order valence-corrected chi connectivity index (χ4v) is 4.49. The van der Waals surface area contributed by atoms with Gasteiger partial charge >= 0.3 is 0 Å². The fraction of sp³-hybridized carbons (Fsp3) is 0.0690. The van der Waals surface area contributed by atoms with Crippen molar-refractivity contribution in [3.63, 3.8) is 0 Å². The van der Waals surface area contributed by atoms with E-state index in [-0.39, 0.29) is 5.75 Å². The Labute approximate surface area is 188 Å². The lowest BCUT2D eigenvalue weighted by Gasteiger charge is -2.37. The number of aromatic nitrogens is 2. The summed E-state index contributed by atoms with van der Waals surface area (Å²) in [7, 11) is 0. The van der Waals surface area contributed by atoms with E-state index in [1.165, 1.54) is 0 Å². The summed E-state index contributed by atoms with van der Waals surface area (Å²) in [6, 6.07) is 37.1. The third-order valence-corrected chi connectivity index (χ3v) is 5.97. The highest BCUT2D eigenvalue weighted by Gasteiger charge is 2.38. The molecule has 0 spiro atoms. The Balaban J connectivity index is 1.82. The van der Waals surface area contributed by atoms with Crippen LogP contribution in [0.1, 0.15) is 22.3 Å². The molecule has 0 aliphatic heterocycles. The molecule has 0 amide bonds. The fourth-order valence-electron chi connectivity index (χ4n) is 4.49. The number of imidazole rings is 1. The van der Waals surface area contributed by atoms with Crippen LogP contribution in [0.15, 0.2) is 122 Å². The topological polar surface area (TPSA) is 38.0 Å². The highest BCUT2D eigenvalue weighted by molar-refractivity contribution is 5.67. The van der Waals surface area contributed by atoms with Gasteiger partial charge in [-0.2, -0.15) is 0 Å². The number of nitrogens with zero attached hydrogens (tertiary/aromatic N) is 2. The summed E-state index contributed by atoms with van der Waals surface area (Å²) in [6.07, 6.45) is 3.89. The minimum absolute atomic E-state index is 0.227. The molecular weight excluding hydrogens is 392 g/mol. The molecule has 4 aromatic carbocycles. The number of aromatic hydroxyl groups is 1. The van der Waals surface area contributed by atoms with Gasteiger partial charge in [0.15, 0.2) is 0 Å². The zero-order chi connectivity index (χ0) is 22.0. The van der Waals surface area contributed by atoms with E-state index in [2.05, 4.69) is 77.4 Å². The molecule has 0 radical (unpaired) electrons. The van der Waals surface area contributed by atoms with Crippen LogP contribution in [0, 0.1) is 6.92 Å². The van der Waals surface area contributed by atoms with E-state index in [0.29, 0.717) is 0 Å². The van der Waals surface area contributed by atoms with Crippen molar-refractivity contribution >= 4 is 0 Å². The van der Waals surface area contributed by atoms with Crippen molar-refractivity contribution in [3.8, 4) is 17.0 Å². The summed E-state index contributed by atoms with van der Waals surface area (Å²) in [5.41, 5.74) is 5.33. The summed E-state index contributed by atoms with van der Waals surface area (Å²) >= 11 is 0. The van der Waals surface area contributed by atoms with E-state index < -0.39 is 5.54 Å². The quantitative estimate of drug-likeness (QED) is 0.337. The van der Waals surface area contributed by atoms with Crippen LogP contribution in [0.4, 0.5) is 0 Å². The Hall–Kier alpha value is -4.11. The molecule has 0 bridgehead atoms. The molecule has 0 saturated heterocycles. The first-order valence-corrected chi connectivity index (χ1v) is 10.7. The lowest BCUT2D eigenvalue weighted by molar-refractivity contribution is 0.477. The Morgan fingerprint density at radius 2 is 1.19 bits per heavy atom. The minimum Gasteiger partial charge on any atom is -0.507 e. The first kappa shape index (κ1) is 19.8. The van der Waals surface area contributed by atoms with Gasteiger partial charge in [0.2, 0.25) is 0 Å². The summed E-state index contributed by atoms with van der Waals surface area (Å²) in [5, 5.41) is 10.5. The highest BCUT2D eigenvalue weighted by Crippen LogP contribution is 2.41. The standard InChI is InChI=1S/C29H24N2O/c1-22-17-18-28(32)26(19-22)27-20-31(21-30-27)29(23-11-5-2-6-12-23,24-13-7-3-8-14-24)25-15-9-4-10-16-25/h2-21,32H,1H3. The summed E-state index contributed by atoms with van der Waals surface area (Å²) < 4.78 is 2.16. The van der Waals surface area contributed by atoms with Crippen LogP contribution < -0.4 is 0 Å². The molecule has 0 atom stereocenters. The molecule has 1 heterocycles. The second-order valence-electron chi connectivity index (χ2n) is 8.00. The van der Waals surface area contributed by atoms with Gasteiger partial charge < -0.3 is 9.67 Å². The van der Waals surface area contributed by atoms with Crippen molar-refractivity contribution in [1.29, 1.82) is 0 Å². The van der Waals surface area contributed by atoms with Gasteiger partial charge in [-0.25, -0.2) is 4.98 Å². The predicted octanol–water partition coefficient (Wildman–Crippen LogP) is 6.40. The number of rotatable bonds is 5. The monoisotopic (exact) mass is 416 g/mol. The maximum Gasteiger partial charge on any atom is 0.125 e. The average molecular weight is 417 g/mol. The Morgan fingerprint density at radius 3 is 1.69 bits per heavy atom. The molecule has 0 fully saturated rings. The zero-order valence-electron chi connectivity index (χ0n) is 17.9. The average Bonchev–Trinajstić information content (AvgIpc) is 3.33. The van der Waals surface area contributed by atoms with Gasteiger partial charge in [-0.15, -0.1) is 0 Å². The van der Waals surface area contributed by atoms with Gasteiger partial charge in [-0.3, -0.25) is 0 Å². The smallest absolute Gasteiger partial charge is 0.125 e. The molecule has 1 N–H and O–H groups in total.